The Balaban J connectivity index is 0.00000180. The molecular formula is C11H13BrN2O3S2. The predicted molar refractivity (Wildman–Crippen MR) is 69.7 cm³/mol. The Kier molecular flexibility index (Phi) is 5.05. The van der Waals surface area contributed by atoms with Gasteiger partial charge in [0.2, 0.25) is 27.1 Å². The van der Waals surface area contributed by atoms with Crippen LogP contribution in [0.2, 0.25) is 0 Å². The van der Waals surface area contributed by atoms with E-state index >= 15 is 0 Å². The molecule has 0 saturated heterocycles. The normalized spacial score (nSPS) is 11.1. The van der Waals surface area contributed by atoms with E-state index in [1.165, 1.54) is 0 Å². The van der Waals surface area contributed by atoms with Gasteiger partial charge in [-0.2, -0.15) is 4.57 Å². The van der Waals surface area contributed by atoms with Crippen molar-refractivity contribution < 1.29 is 34.8 Å². The number of hydrogen-bond donors (Lipinski definition) is 1. The van der Waals surface area contributed by atoms with Crippen LogP contribution in [0.1, 0.15) is 5.01 Å². The largest absolute Gasteiger partial charge is 1.00 e. The van der Waals surface area contributed by atoms with Crippen LogP contribution in [-0.2, 0) is 21.4 Å². The van der Waals surface area contributed by atoms with Gasteiger partial charge in [-0.25, -0.2) is 13.1 Å². The average Bonchev–Trinajstić information content (AvgIpc) is 2.53. The minimum absolute atomic E-state index is 0. The van der Waals surface area contributed by atoms with Crippen molar-refractivity contribution in [1.29, 1.82) is 0 Å². The second-order valence-corrected chi connectivity index (χ2v) is 6.96. The van der Waals surface area contributed by atoms with E-state index in [1.54, 1.807) is 15.9 Å². The number of fused-ring (bicyclic) bond motifs is 1. The molecule has 2 rings (SSSR count). The maximum absolute atomic E-state index is 11.6. The summed E-state index contributed by atoms with van der Waals surface area (Å²) in [5, 5.41) is 0.958. The number of halogens is 1. The van der Waals surface area contributed by atoms with Gasteiger partial charge in [0.25, 0.3) is 5.91 Å². The van der Waals surface area contributed by atoms with E-state index in [0.29, 0.717) is 0 Å². The molecule has 0 radical (unpaired) electrons. The first-order valence-electron chi connectivity index (χ1n) is 5.25. The van der Waals surface area contributed by atoms with Gasteiger partial charge in [-0.05, 0) is 6.07 Å². The number of aromatic nitrogens is 1. The van der Waals surface area contributed by atoms with E-state index in [9.17, 15) is 13.2 Å². The number of sulfonamides is 1. The van der Waals surface area contributed by atoms with Crippen molar-refractivity contribution in [2.75, 3.05) is 6.26 Å². The van der Waals surface area contributed by atoms with E-state index < -0.39 is 15.9 Å². The summed E-state index contributed by atoms with van der Waals surface area (Å²) in [5.41, 5.74) is 0.934. The van der Waals surface area contributed by atoms with Crippen LogP contribution in [0.15, 0.2) is 24.3 Å². The van der Waals surface area contributed by atoms with Crippen molar-refractivity contribution >= 4 is 37.5 Å². The third kappa shape index (κ3) is 3.99. The molecule has 8 heteroatoms. The molecule has 0 unspecified atom stereocenters. The van der Waals surface area contributed by atoms with Crippen molar-refractivity contribution in [1.82, 2.24) is 4.72 Å². The van der Waals surface area contributed by atoms with Crippen LogP contribution < -0.4 is 26.3 Å². The van der Waals surface area contributed by atoms with E-state index in [1.807, 2.05) is 35.9 Å². The minimum atomic E-state index is -3.50. The molecule has 19 heavy (non-hydrogen) atoms. The Morgan fingerprint density at radius 2 is 2.00 bits per heavy atom. The van der Waals surface area contributed by atoms with Crippen LogP contribution in [0.25, 0.3) is 10.2 Å². The molecule has 1 heterocycles. The number of aryl methyl sites for hydroxylation is 1. The number of para-hydroxylation sites is 1. The van der Waals surface area contributed by atoms with Gasteiger partial charge >= 0.3 is 0 Å². The standard InChI is InChI=1S/C11H12N2O3S2.BrH/c1-8-13(7-11(14)12-18(2,15)16)9-5-3-4-6-10(9)17-8;/h3-6H,7H2,1-2H3;1H. The summed E-state index contributed by atoms with van der Waals surface area (Å²) >= 11 is 1.57. The predicted octanol–water partition coefficient (Wildman–Crippen LogP) is -2.42. The molecule has 1 aromatic carbocycles. The first-order valence-corrected chi connectivity index (χ1v) is 7.96. The van der Waals surface area contributed by atoms with Crippen molar-refractivity contribution in [2.24, 2.45) is 0 Å². The lowest BCUT2D eigenvalue weighted by Crippen LogP contribution is -3.00. The molecule has 0 saturated carbocycles. The van der Waals surface area contributed by atoms with Crippen molar-refractivity contribution in [2.45, 2.75) is 13.5 Å². The third-order valence-electron chi connectivity index (χ3n) is 2.39. The summed E-state index contributed by atoms with van der Waals surface area (Å²) < 4.78 is 26.8. The monoisotopic (exact) mass is 364 g/mol. The lowest BCUT2D eigenvalue weighted by molar-refractivity contribution is -0.660. The molecule has 1 N–H and O–H groups in total. The Bertz CT molecular complexity index is 710. The van der Waals surface area contributed by atoms with Crippen LogP contribution in [-0.4, -0.2) is 20.6 Å². The van der Waals surface area contributed by atoms with E-state index in [4.69, 9.17) is 0 Å². The number of thiazole rings is 1. The van der Waals surface area contributed by atoms with Crippen LogP contribution in [0.5, 0.6) is 0 Å². The maximum Gasteiger partial charge on any atom is 0.299 e. The Labute approximate surface area is 126 Å². The molecular weight excluding hydrogens is 352 g/mol. The summed E-state index contributed by atoms with van der Waals surface area (Å²) in [4.78, 5) is 11.6. The molecule has 0 bridgehead atoms. The minimum Gasteiger partial charge on any atom is -1.00 e. The van der Waals surface area contributed by atoms with Gasteiger partial charge in [0, 0.05) is 13.0 Å². The van der Waals surface area contributed by atoms with Crippen LogP contribution in [0.4, 0.5) is 0 Å². The van der Waals surface area contributed by atoms with Gasteiger partial charge in [0.15, 0.2) is 0 Å². The molecule has 0 atom stereocenters. The molecule has 1 aromatic heterocycles. The quantitative estimate of drug-likeness (QED) is 0.616. The first-order chi connectivity index (χ1) is 8.37. The molecule has 2 aromatic rings. The third-order valence-corrected chi connectivity index (χ3v) is 4.07. The van der Waals surface area contributed by atoms with Crippen molar-refractivity contribution in [3.63, 3.8) is 0 Å². The second kappa shape index (κ2) is 5.98. The Morgan fingerprint density at radius 1 is 1.37 bits per heavy atom. The van der Waals surface area contributed by atoms with E-state index in [0.717, 1.165) is 21.5 Å². The molecule has 1 amide bonds. The summed E-state index contributed by atoms with van der Waals surface area (Å²) in [6.45, 7) is 1.90. The highest BCUT2D eigenvalue weighted by Gasteiger charge is 2.21. The second-order valence-electron chi connectivity index (χ2n) is 3.97. The Hall–Kier alpha value is -0.990. The molecule has 0 fully saturated rings. The van der Waals surface area contributed by atoms with Crippen LogP contribution >= 0.6 is 11.3 Å². The molecule has 0 spiro atoms. The highest BCUT2D eigenvalue weighted by atomic mass is 79.9. The number of nitrogens with zero attached hydrogens (tertiary/aromatic N) is 1. The fourth-order valence-corrected chi connectivity index (χ4v) is 3.23. The van der Waals surface area contributed by atoms with Gasteiger partial charge in [-0.15, -0.1) is 0 Å². The maximum atomic E-state index is 11.6. The molecule has 0 aliphatic rings. The number of hydrogen-bond acceptors (Lipinski definition) is 4. The highest BCUT2D eigenvalue weighted by Crippen LogP contribution is 2.18. The summed E-state index contributed by atoms with van der Waals surface area (Å²) in [7, 11) is -3.50. The zero-order valence-corrected chi connectivity index (χ0v) is 13.6. The highest BCUT2D eigenvalue weighted by molar-refractivity contribution is 7.89. The lowest BCUT2D eigenvalue weighted by atomic mass is 10.3. The van der Waals surface area contributed by atoms with E-state index in [-0.39, 0.29) is 23.5 Å². The summed E-state index contributed by atoms with van der Waals surface area (Å²) in [5.74, 6) is -0.533. The van der Waals surface area contributed by atoms with Crippen LogP contribution in [0, 0.1) is 6.92 Å². The number of rotatable bonds is 3. The molecule has 0 aliphatic heterocycles. The first kappa shape index (κ1) is 16.1. The summed E-state index contributed by atoms with van der Waals surface area (Å²) in [6.07, 6.45) is 0.966. The van der Waals surface area contributed by atoms with Gasteiger partial charge in [0.05, 0.1) is 6.26 Å². The van der Waals surface area contributed by atoms with Crippen LogP contribution in [0.3, 0.4) is 0 Å². The number of carbonyl (C=O) groups is 1. The van der Waals surface area contributed by atoms with Gasteiger partial charge in [-0.3, -0.25) is 4.79 Å². The van der Waals surface area contributed by atoms with Crippen molar-refractivity contribution in [3.8, 4) is 0 Å². The number of nitrogens with one attached hydrogen (secondary N) is 1. The summed E-state index contributed by atoms with van der Waals surface area (Å²) in [6, 6.07) is 7.70. The van der Waals surface area contributed by atoms with E-state index in [2.05, 4.69) is 0 Å². The zero-order valence-electron chi connectivity index (χ0n) is 10.4. The molecule has 0 aliphatic carbocycles. The topological polar surface area (TPSA) is 67.1 Å². The number of carbonyl (C=O) groups excluding carboxylic acids is 1. The smallest absolute Gasteiger partial charge is 0.299 e. The van der Waals surface area contributed by atoms with Gasteiger partial charge in [0.1, 0.15) is 4.70 Å². The molecule has 5 nitrogen and oxygen atoms in total. The molecule has 104 valence electrons. The van der Waals surface area contributed by atoms with Gasteiger partial charge in [-0.1, -0.05) is 23.5 Å². The lowest BCUT2D eigenvalue weighted by Gasteiger charge is -1.99. The number of benzene rings is 1. The Morgan fingerprint density at radius 3 is 2.63 bits per heavy atom. The zero-order chi connectivity index (χ0) is 13.3. The fourth-order valence-electron chi connectivity index (χ4n) is 1.73. The van der Waals surface area contributed by atoms with Gasteiger partial charge < -0.3 is 17.0 Å². The average molecular weight is 365 g/mol. The fraction of sp³-hybridized carbons (Fsp3) is 0.273. The van der Waals surface area contributed by atoms with Crippen molar-refractivity contribution in [3.05, 3.63) is 29.3 Å². The SMILES string of the molecule is Cc1sc2ccccc2[n+]1CC(=O)NS(C)(=O)=O.[Br-]. The number of amides is 1.